The number of rotatable bonds is 0. The number of nitrogens with two attached hydrogens (primary N) is 1. The number of aromatic nitrogens is 1. The van der Waals surface area contributed by atoms with Crippen molar-refractivity contribution in [2.45, 2.75) is 44.9 Å². The van der Waals surface area contributed by atoms with E-state index < -0.39 is 0 Å². The molecule has 0 saturated carbocycles. The summed E-state index contributed by atoms with van der Waals surface area (Å²) in [4.78, 5) is 16.1. The predicted octanol–water partition coefficient (Wildman–Crippen LogP) is 1.99. The lowest BCUT2D eigenvalue weighted by molar-refractivity contribution is -0.116. The van der Waals surface area contributed by atoms with Crippen LogP contribution < -0.4 is 11.1 Å². The van der Waals surface area contributed by atoms with Gasteiger partial charge in [0, 0.05) is 23.4 Å². The average molecular weight is 231 g/mol. The quantitative estimate of drug-likeness (QED) is 0.717. The van der Waals surface area contributed by atoms with Crippen molar-refractivity contribution >= 4 is 17.4 Å². The lowest BCUT2D eigenvalue weighted by Crippen LogP contribution is -2.25. The van der Waals surface area contributed by atoms with Crippen LogP contribution >= 0.6 is 0 Å². The lowest BCUT2D eigenvalue weighted by Gasteiger charge is -2.27. The summed E-state index contributed by atoms with van der Waals surface area (Å²) < 4.78 is 0. The first-order chi connectivity index (χ1) is 8.16. The molecule has 0 radical (unpaired) electrons. The number of aryl methyl sites for hydroxylation is 1. The summed E-state index contributed by atoms with van der Waals surface area (Å²) in [6.45, 7) is 2.05. The van der Waals surface area contributed by atoms with E-state index in [9.17, 15) is 4.79 Å². The Morgan fingerprint density at radius 1 is 1.35 bits per heavy atom. The summed E-state index contributed by atoms with van der Waals surface area (Å²) in [6.07, 6.45) is 4.89. The number of anilines is 2. The van der Waals surface area contributed by atoms with E-state index >= 15 is 0 Å². The fraction of sp³-hybridized carbons (Fsp3) is 0.538. The van der Waals surface area contributed by atoms with Gasteiger partial charge < -0.3 is 11.1 Å². The van der Waals surface area contributed by atoms with Crippen molar-refractivity contribution in [1.29, 1.82) is 0 Å². The lowest BCUT2D eigenvalue weighted by atomic mass is 9.87. The van der Waals surface area contributed by atoms with Crippen molar-refractivity contribution in [1.82, 2.24) is 4.98 Å². The summed E-state index contributed by atoms with van der Waals surface area (Å²) in [5.41, 5.74) is 10.5. The third kappa shape index (κ3) is 1.59. The summed E-state index contributed by atoms with van der Waals surface area (Å²) >= 11 is 0. The Hall–Kier alpha value is -1.58. The maximum absolute atomic E-state index is 11.5. The number of amides is 1. The van der Waals surface area contributed by atoms with Gasteiger partial charge in [-0.2, -0.15) is 0 Å². The monoisotopic (exact) mass is 231 g/mol. The molecule has 0 aromatic carbocycles. The average Bonchev–Trinajstić information content (AvgIpc) is 2.28. The zero-order chi connectivity index (χ0) is 12.0. The van der Waals surface area contributed by atoms with Crippen LogP contribution in [-0.2, 0) is 17.6 Å². The van der Waals surface area contributed by atoms with Crippen LogP contribution in [0.25, 0.3) is 0 Å². The fourth-order valence-corrected chi connectivity index (χ4v) is 2.95. The minimum Gasteiger partial charge on any atom is -0.398 e. The van der Waals surface area contributed by atoms with Gasteiger partial charge in [0.25, 0.3) is 0 Å². The topological polar surface area (TPSA) is 68.0 Å². The number of carbonyl (C=O) groups is 1. The molecule has 1 aliphatic carbocycles. The van der Waals surface area contributed by atoms with Gasteiger partial charge in [0.2, 0.25) is 5.91 Å². The van der Waals surface area contributed by atoms with Crippen molar-refractivity contribution in [3.63, 3.8) is 0 Å². The summed E-state index contributed by atoms with van der Waals surface area (Å²) in [6, 6.07) is 0. The second-order valence-corrected chi connectivity index (χ2v) is 5.07. The van der Waals surface area contributed by atoms with Gasteiger partial charge in [0.1, 0.15) is 5.82 Å². The van der Waals surface area contributed by atoms with E-state index in [0.29, 0.717) is 12.2 Å². The predicted molar refractivity (Wildman–Crippen MR) is 67.0 cm³/mol. The van der Waals surface area contributed by atoms with E-state index in [-0.39, 0.29) is 11.8 Å². The minimum absolute atomic E-state index is 0.0488. The Labute approximate surface area is 101 Å². The van der Waals surface area contributed by atoms with Crippen molar-refractivity contribution < 1.29 is 4.79 Å². The van der Waals surface area contributed by atoms with Gasteiger partial charge in [-0.05, 0) is 37.2 Å². The molecule has 0 saturated heterocycles. The first-order valence-electron chi connectivity index (χ1n) is 6.27. The SMILES string of the molecule is CC1CC(=O)Nc2nc3c(c(N)c21)CCCC3. The number of carbonyl (C=O) groups excluding carboxylic acids is 1. The normalized spacial score (nSPS) is 22.6. The number of hydrogen-bond acceptors (Lipinski definition) is 3. The van der Waals surface area contributed by atoms with Crippen LogP contribution in [0.2, 0.25) is 0 Å². The molecule has 0 fully saturated rings. The van der Waals surface area contributed by atoms with Crippen LogP contribution in [0, 0.1) is 0 Å². The molecule has 0 bridgehead atoms. The van der Waals surface area contributed by atoms with Crippen LogP contribution in [0.4, 0.5) is 11.5 Å². The van der Waals surface area contributed by atoms with E-state index in [4.69, 9.17) is 5.73 Å². The Morgan fingerprint density at radius 2 is 2.12 bits per heavy atom. The Balaban J connectivity index is 2.18. The number of pyridine rings is 1. The van der Waals surface area contributed by atoms with Gasteiger partial charge in [-0.15, -0.1) is 0 Å². The Kier molecular flexibility index (Phi) is 2.31. The second kappa shape index (κ2) is 3.72. The highest BCUT2D eigenvalue weighted by Gasteiger charge is 2.28. The van der Waals surface area contributed by atoms with E-state index in [1.54, 1.807) is 0 Å². The number of hydrogen-bond donors (Lipinski definition) is 2. The van der Waals surface area contributed by atoms with E-state index in [0.717, 1.165) is 29.8 Å². The molecule has 3 rings (SSSR count). The highest BCUT2D eigenvalue weighted by molar-refractivity contribution is 5.95. The van der Waals surface area contributed by atoms with Crippen LogP contribution in [0.5, 0.6) is 0 Å². The van der Waals surface area contributed by atoms with Crippen molar-refractivity contribution in [3.05, 3.63) is 16.8 Å². The molecule has 4 nitrogen and oxygen atoms in total. The molecule has 0 spiro atoms. The summed E-state index contributed by atoms with van der Waals surface area (Å²) in [7, 11) is 0. The smallest absolute Gasteiger partial charge is 0.226 e. The Morgan fingerprint density at radius 3 is 2.94 bits per heavy atom. The molecule has 1 atom stereocenters. The number of nitrogen functional groups attached to an aromatic ring is 1. The zero-order valence-corrected chi connectivity index (χ0v) is 10.0. The molecular formula is C13H17N3O. The van der Waals surface area contributed by atoms with Crippen molar-refractivity contribution in [2.75, 3.05) is 11.1 Å². The van der Waals surface area contributed by atoms with Gasteiger partial charge in [-0.25, -0.2) is 4.98 Å². The summed E-state index contributed by atoms with van der Waals surface area (Å²) in [5.74, 6) is 0.929. The van der Waals surface area contributed by atoms with Crippen LogP contribution in [0.1, 0.15) is 48.9 Å². The first kappa shape index (κ1) is 10.6. The van der Waals surface area contributed by atoms with E-state index in [2.05, 4.69) is 10.3 Å². The summed E-state index contributed by atoms with van der Waals surface area (Å²) in [5, 5.41) is 2.85. The van der Waals surface area contributed by atoms with Crippen LogP contribution in [-0.4, -0.2) is 10.9 Å². The van der Waals surface area contributed by atoms with E-state index in [1.807, 2.05) is 6.92 Å². The van der Waals surface area contributed by atoms with Gasteiger partial charge in [0.15, 0.2) is 0 Å². The molecule has 1 aliphatic heterocycles. The van der Waals surface area contributed by atoms with Crippen LogP contribution in [0.3, 0.4) is 0 Å². The third-order valence-electron chi connectivity index (χ3n) is 3.80. The standard InChI is InChI=1S/C13H17N3O/c1-7-6-10(17)16-13-11(7)12(14)8-4-2-3-5-9(8)15-13/h7H,2-6H2,1H3,(H3,14,15,16,17). The molecule has 90 valence electrons. The number of nitrogens with zero attached hydrogens (tertiary/aromatic N) is 1. The molecule has 17 heavy (non-hydrogen) atoms. The Bertz CT molecular complexity index is 496. The molecule has 1 aromatic rings. The van der Waals surface area contributed by atoms with E-state index in [1.165, 1.54) is 18.4 Å². The number of fused-ring (bicyclic) bond motifs is 2. The first-order valence-corrected chi connectivity index (χ1v) is 6.27. The molecule has 2 aliphatic rings. The van der Waals surface area contributed by atoms with Crippen molar-refractivity contribution in [3.8, 4) is 0 Å². The van der Waals surface area contributed by atoms with Gasteiger partial charge in [-0.3, -0.25) is 4.79 Å². The van der Waals surface area contributed by atoms with Crippen molar-refractivity contribution in [2.24, 2.45) is 0 Å². The molecule has 1 amide bonds. The largest absolute Gasteiger partial charge is 0.398 e. The second-order valence-electron chi connectivity index (χ2n) is 5.07. The highest BCUT2D eigenvalue weighted by Crippen LogP contribution is 2.39. The minimum atomic E-state index is 0.0488. The molecule has 3 N–H and O–H groups in total. The fourth-order valence-electron chi connectivity index (χ4n) is 2.95. The van der Waals surface area contributed by atoms with Gasteiger partial charge in [0.05, 0.1) is 0 Å². The highest BCUT2D eigenvalue weighted by atomic mass is 16.1. The maximum Gasteiger partial charge on any atom is 0.226 e. The van der Waals surface area contributed by atoms with Gasteiger partial charge >= 0.3 is 0 Å². The molecular weight excluding hydrogens is 214 g/mol. The molecule has 1 unspecified atom stereocenters. The number of nitrogens with one attached hydrogen (secondary N) is 1. The molecule has 2 heterocycles. The third-order valence-corrected chi connectivity index (χ3v) is 3.80. The zero-order valence-electron chi connectivity index (χ0n) is 10.0. The molecule has 1 aromatic heterocycles. The molecule has 4 heteroatoms. The van der Waals surface area contributed by atoms with Gasteiger partial charge in [-0.1, -0.05) is 6.92 Å². The maximum atomic E-state index is 11.5. The van der Waals surface area contributed by atoms with Crippen LogP contribution in [0.15, 0.2) is 0 Å².